The number of benzene rings is 2. The van der Waals surface area contributed by atoms with Crippen LogP contribution in [0, 0.1) is 5.92 Å². The minimum absolute atomic E-state index is 0.0134. The van der Waals surface area contributed by atoms with Crippen molar-refractivity contribution in [3.8, 4) is 5.75 Å². The number of hydrogen-bond donors (Lipinski definition) is 2. The number of ether oxygens (including phenoxy) is 1. The van der Waals surface area contributed by atoms with Gasteiger partial charge in [0.25, 0.3) is 0 Å². The number of hydrogen-bond acceptors (Lipinski definition) is 3. The maximum absolute atomic E-state index is 12.5. The molecule has 26 heavy (non-hydrogen) atoms. The molecular weight excluding hydrogens is 328 g/mol. The van der Waals surface area contributed by atoms with Gasteiger partial charge in [-0.3, -0.25) is 0 Å². The quantitative estimate of drug-likeness (QED) is 0.734. The molecule has 0 spiro atoms. The lowest BCUT2D eigenvalue weighted by atomic mass is 10.0. The lowest BCUT2D eigenvalue weighted by molar-refractivity contribution is 0.247. The van der Waals surface area contributed by atoms with Crippen molar-refractivity contribution >= 4 is 22.8 Å². The molecule has 1 atom stereocenters. The van der Waals surface area contributed by atoms with Gasteiger partial charge in [0.15, 0.2) is 0 Å². The summed E-state index contributed by atoms with van der Waals surface area (Å²) in [4.78, 5) is 16.8. The van der Waals surface area contributed by atoms with Gasteiger partial charge in [-0.2, -0.15) is 0 Å². The Morgan fingerprint density at radius 3 is 2.69 bits per heavy atom. The highest BCUT2D eigenvalue weighted by Gasteiger charge is 2.33. The third kappa shape index (κ3) is 3.35. The van der Waals surface area contributed by atoms with Crippen molar-refractivity contribution < 1.29 is 9.53 Å². The van der Waals surface area contributed by atoms with Crippen molar-refractivity contribution in [2.24, 2.45) is 13.0 Å². The van der Waals surface area contributed by atoms with Crippen LogP contribution in [0.1, 0.15) is 24.4 Å². The van der Waals surface area contributed by atoms with E-state index in [0.717, 1.165) is 40.9 Å². The van der Waals surface area contributed by atoms with E-state index in [4.69, 9.17) is 4.74 Å². The summed E-state index contributed by atoms with van der Waals surface area (Å²) in [5.41, 5.74) is 3.73. The number of anilines is 1. The second-order valence-corrected chi connectivity index (χ2v) is 6.75. The molecule has 1 aliphatic carbocycles. The summed E-state index contributed by atoms with van der Waals surface area (Å²) in [7, 11) is 3.60. The molecule has 6 heteroatoms. The molecular formula is C20H22N4O2. The molecule has 0 saturated heterocycles. The molecule has 2 aromatic carbocycles. The number of urea groups is 1. The third-order valence-electron chi connectivity index (χ3n) is 4.84. The van der Waals surface area contributed by atoms with Gasteiger partial charge in [-0.05, 0) is 54.7 Å². The van der Waals surface area contributed by atoms with Gasteiger partial charge in [0, 0.05) is 12.7 Å². The largest absolute Gasteiger partial charge is 0.497 e. The molecule has 1 heterocycles. The highest BCUT2D eigenvalue weighted by molar-refractivity contribution is 5.92. The average molecular weight is 350 g/mol. The van der Waals surface area contributed by atoms with Gasteiger partial charge in [-0.15, -0.1) is 0 Å². The summed E-state index contributed by atoms with van der Waals surface area (Å²) in [5, 5.41) is 6.04. The first-order valence-electron chi connectivity index (χ1n) is 8.76. The molecule has 0 radical (unpaired) electrons. The number of rotatable bonds is 5. The van der Waals surface area contributed by atoms with Crippen LogP contribution in [-0.2, 0) is 7.05 Å². The summed E-state index contributed by atoms with van der Waals surface area (Å²) in [6, 6.07) is 13.4. The number of aromatic nitrogens is 2. The van der Waals surface area contributed by atoms with Crippen LogP contribution in [-0.4, -0.2) is 22.7 Å². The van der Waals surface area contributed by atoms with Crippen molar-refractivity contribution in [2.45, 2.75) is 18.9 Å². The van der Waals surface area contributed by atoms with Crippen molar-refractivity contribution in [3.05, 3.63) is 54.4 Å². The van der Waals surface area contributed by atoms with Gasteiger partial charge in [-0.1, -0.05) is 12.1 Å². The number of amides is 2. The minimum Gasteiger partial charge on any atom is -0.497 e. The lowest BCUT2D eigenvalue weighted by Gasteiger charge is -2.19. The third-order valence-corrected chi connectivity index (χ3v) is 4.84. The van der Waals surface area contributed by atoms with Crippen LogP contribution in [0.2, 0.25) is 0 Å². The van der Waals surface area contributed by atoms with Crippen LogP contribution in [0.25, 0.3) is 11.0 Å². The normalized spacial score (nSPS) is 14.8. The molecule has 4 rings (SSSR count). The highest BCUT2D eigenvalue weighted by Crippen LogP contribution is 2.41. The van der Waals surface area contributed by atoms with Gasteiger partial charge in [0.2, 0.25) is 0 Å². The predicted molar refractivity (Wildman–Crippen MR) is 101 cm³/mol. The number of carbonyl (C=O) groups is 1. The molecule has 1 aliphatic rings. The Bertz CT molecular complexity index is 929. The number of carbonyl (C=O) groups excluding carboxylic acids is 1. The van der Waals surface area contributed by atoms with Crippen LogP contribution in [0.15, 0.2) is 48.8 Å². The predicted octanol–water partition coefficient (Wildman–Crippen LogP) is 3.85. The van der Waals surface area contributed by atoms with E-state index in [0.29, 0.717) is 5.92 Å². The van der Waals surface area contributed by atoms with Crippen molar-refractivity contribution in [3.63, 3.8) is 0 Å². The highest BCUT2D eigenvalue weighted by atomic mass is 16.5. The second-order valence-electron chi connectivity index (χ2n) is 6.75. The van der Waals surface area contributed by atoms with Crippen molar-refractivity contribution in [1.29, 1.82) is 0 Å². The van der Waals surface area contributed by atoms with Crippen LogP contribution in [0.3, 0.4) is 0 Å². The number of aryl methyl sites for hydroxylation is 1. The fourth-order valence-corrected chi connectivity index (χ4v) is 3.24. The molecule has 0 unspecified atom stereocenters. The molecule has 1 saturated carbocycles. The van der Waals surface area contributed by atoms with Gasteiger partial charge in [-0.25, -0.2) is 9.78 Å². The van der Waals surface area contributed by atoms with Crippen LogP contribution in [0.5, 0.6) is 5.75 Å². The average Bonchev–Trinajstić information content (AvgIpc) is 3.43. The van der Waals surface area contributed by atoms with E-state index in [1.807, 2.05) is 54.1 Å². The fraction of sp³-hybridized carbons (Fsp3) is 0.300. The Kier molecular flexibility index (Phi) is 4.24. The van der Waals surface area contributed by atoms with E-state index >= 15 is 0 Å². The maximum Gasteiger partial charge on any atom is 0.319 e. The second kappa shape index (κ2) is 6.71. The first-order valence-corrected chi connectivity index (χ1v) is 8.76. The summed E-state index contributed by atoms with van der Waals surface area (Å²) in [6.45, 7) is 0. The Hall–Kier alpha value is -3.02. The molecule has 3 aromatic rings. The zero-order chi connectivity index (χ0) is 18.1. The number of methoxy groups -OCH3 is 1. The van der Waals surface area contributed by atoms with Gasteiger partial charge < -0.3 is 19.9 Å². The van der Waals surface area contributed by atoms with Gasteiger partial charge in [0.1, 0.15) is 5.75 Å². The number of imidazole rings is 1. The molecule has 2 amide bonds. The van der Waals surface area contributed by atoms with Gasteiger partial charge in [0.05, 0.1) is 30.5 Å². The molecule has 1 aromatic heterocycles. The van der Waals surface area contributed by atoms with E-state index in [1.54, 1.807) is 13.4 Å². The topological polar surface area (TPSA) is 68.2 Å². The summed E-state index contributed by atoms with van der Waals surface area (Å²) < 4.78 is 7.17. The molecule has 0 bridgehead atoms. The van der Waals surface area contributed by atoms with Gasteiger partial charge >= 0.3 is 6.03 Å². The molecule has 1 fully saturated rings. The summed E-state index contributed by atoms with van der Waals surface area (Å²) >= 11 is 0. The molecule has 0 aliphatic heterocycles. The number of nitrogens with one attached hydrogen (secondary N) is 2. The van der Waals surface area contributed by atoms with Crippen LogP contribution in [0.4, 0.5) is 10.5 Å². The van der Waals surface area contributed by atoms with Crippen molar-refractivity contribution in [1.82, 2.24) is 14.9 Å². The Morgan fingerprint density at radius 1 is 1.23 bits per heavy atom. The smallest absolute Gasteiger partial charge is 0.319 e. The first-order chi connectivity index (χ1) is 12.6. The van der Waals surface area contributed by atoms with Crippen LogP contribution >= 0.6 is 0 Å². The van der Waals surface area contributed by atoms with Crippen molar-refractivity contribution in [2.75, 3.05) is 12.4 Å². The van der Waals surface area contributed by atoms with E-state index in [1.165, 1.54) is 0 Å². The Morgan fingerprint density at radius 2 is 2.00 bits per heavy atom. The SMILES string of the molecule is COc1ccc([C@H](NC(=O)Nc2ccc3c(c2)ncn3C)C2CC2)cc1. The van der Waals surface area contributed by atoms with Crippen LogP contribution < -0.4 is 15.4 Å². The molecule has 6 nitrogen and oxygen atoms in total. The number of fused-ring (bicyclic) bond motifs is 1. The Labute approximate surface area is 152 Å². The minimum atomic E-state index is -0.201. The molecule has 134 valence electrons. The lowest BCUT2D eigenvalue weighted by Crippen LogP contribution is -2.33. The summed E-state index contributed by atoms with van der Waals surface area (Å²) in [6.07, 6.45) is 4.04. The zero-order valence-electron chi connectivity index (χ0n) is 14.9. The standard InChI is InChI=1S/C20H22N4O2/c1-24-12-21-17-11-15(7-10-18(17)24)22-20(25)23-19(13-3-4-13)14-5-8-16(26-2)9-6-14/h5-13,19H,3-4H2,1-2H3,(H2,22,23,25)/t19-/m1/s1. The van der Waals surface area contributed by atoms with E-state index in [9.17, 15) is 4.79 Å². The Balaban J connectivity index is 1.47. The van der Waals surface area contributed by atoms with E-state index in [2.05, 4.69) is 15.6 Å². The summed E-state index contributed by atoms with van der Waals surface area (Å²) in [5.74, 6) is 1.31. The monoisotopic (exact) mass is 350 g/mol. The molecule has 2 N–H and O–H groups in total. The van der Waals surface area contributed by atoms with E-state index < -0.39 is 0 Å². The number of nitrogens with zero attached hydrogens (tertiary/aromatic N) is 2. The van der Waals surface area contributed by atoms with E-state index in [-0.39, 0.29) is 12.1 Å². The first kappa shape index (κ1) is 16.4. The zero-order valence-corrected chi connectivity index (χ0v) is 14.9. The maximum atomic E-state index is 12.5. The fourth-order valence-electron chi connectivity index (χ4n) is 3.24.